The molecule has 2 bridgehead atoms. The molecule has 4 aromatic rings. The number of aromatic nitrogens is 2. The van der Waals surface area contributed by atoms with Crippen molar-refractivity contribution in [3.63, 3.8) is 0 Å². The number of halogens is 8. The minimum atomic E-state index is -4.46. The zero-order valence-corrected chi connectivity index (χ0v) is 27.2. The van der Waals surface area contributed by atoms with Gasteiger partial charge in [-0.25, -0.2) is 4.79 Å². The summed E-state index contributed by atoms with van der Waals surface area (Å²) in [5.41, 5.74) is -1.19. The number of anilines is 1. The van der Waals surface area contributed by atoms with Gasteiger partial charge in [-0.1, -0.05) is 0 Å². The highest BCUT2D eigenvalue weighted by molar-refractivity contribution is 9.11. The van der Waals surface area contributed by atoms with E-state index >= 15 is 0 Å². The van der Waals surface area contributed by atoms with Crippen LogP contribution in [0.2, 0.25) is 0 Å². The highest BCUT2D eigenvalue weighted by Crippen LogP contribution is 2.39. The molecule has 8 nitrogen and oxygen atoms in total. The maximum absolute atomic E-state index is 13.1. The molecule has 2 atom stereocenters. The first-order valence-electron chi connectivity index (χ1n) is 13.1. The summed E-state index contributed by atoms with van der Waals surface area (Å²) in [4.78, 5) is 23.1. The largest absolute Gasteiger partial charge is 0.444 e. The number of H-pyrrole nitrogens is 1. The van der Waals surface area contributed by atoms with Crippen LogP contribution in [0, 0.1) is 4.84 Å². The maximum atomic E-state index is 13.1. The number of carbonyl (C=O) groups is 1. The molecule has 2 aromatic heterocycles. The lowest BCUT2D eigenvalue weighted by Gasteiger charge is -2.40. The van der Waals surface area contributed by atoms with E-state index in [1.165, 1.54) is 0 Å². The van der Waals surface area contributed by atoms with Crippen molar-refractivity contribution in [1.82, 2.24) is 14.9 Å². The zero-order valence-electron chi connectivity index (χ0n) is 23.2. The topological polar surface area (TPSA) is 87.7 Å². The van der Waals surface area contributed by atoms with E-state index in [-0.39, 0.29) is 60.2 Å². The summed E-state index contributed by atoms with van der Waals surface area (Å²) in [6, 6.07) is 4.05. The number of carbonyl (C=O) groups excluding carboxylic acids is 1. The van der Waals surface area contributed by atoms with Crippen molar-refractivity contribution in [1.29, 1.82) is 0 Å². The second kappa shape index (κ2) is 11.5. The van der Waals surface area contributed by atoms with E-state index < -0.39 is 29.1 Å². The van der Waals surface area contributed by atoms with E-state index in [1.54, 1.807) is 4.90 Å². The molecule has 238 valence electrons. The smallest absolute Gasteiger partial charge is 0.416 e. The molecule has 0 spiro atoms. The first-order valence-corrected chi connectivity index (χ1v) is 15.1. The molecular weight excluding hydrogens is 750 g/mol. The van der Waals surface area contributed by atoms with Crippen LogP contribution in [-0.4, -0.2) is 51.7 Å². The van der Waals surface area contributed by atoms with Crippen LogP contribution in [0.1, 0.15) is 44.7 Å². The highest BCUT2D eigenvalue weighted by atomic mass is 79.9. The van der Waals surface area contributed by atoms with Crippen LogP contribution in [-0.2, 0) is 17.1 Å². The van der Waals surface area contributed by atoms with Gasteiger partial charge in [0.2, 0.25) is 0 Å². The second-order valence-corrected chi connectivity index (χ2v) is 13.4. The second-order valence-electron chi connectivity index (χ2n) is 11.3. The number of alkyl halides is 6. The van der Waals surface area contributed by atoms with Crippen molar-refractivity contribution in [3.8, 4) is 0 Å². The Balaban J connectivity index is 0.000000215. The zero-order chi connectivity index (χ0) is 32.4. The van der Waals surface area contributed by atoms with Crippen LogP contribution in [0.4, 0.5) is 37.2 Å². The minimum Gasteiger partial charge on any atom is -0.444 e. The van der Waals surface area contributed by atoms with Crippen LogP contribution in [0.5, 0.6) is 0 Å². The first-order chi connectivity index (χ1) is 20.3. The van der Waals surface area contributed by atoms with Crippen LogP contribution in [0.25, 0.3) is 22.2 Å². The molecule has 6 rings (SSSR count). The number of oxazole rings is 2. The number of rotatable bonds is 1. The van der Waals surface area contributed by atoms with Gasteiger partial charge in [-0.15, -0.1) is 0 Å². The lowest BCUT2D eigenvalue weighted by atomic mass is 10.2. The Morgan fingerprint density at radius 1 is 0.932 bits per heavy atom. The summed E-state index contributed by atoms with van der Waals surface area (Å²) in [5, 5.41) is 0. The summed E-state index contributed by atoms with van der Waals surface area (Å²) in [5.74, 6) is 0. The predicted octanol–water partition coefficient (Wildman–Crippen LogP) is 9.47. The standard InChI is InChI=1S/C19H21BrF3N3O3.C8H3BrF3NOS/c1-18(2,3)29-17(27)26-11-4-5-12(26)9-25(8-11)16-24-14-7-10(19(21,22)23)6-13(20)15(14)28-16;9-4-1-3(8(10,11)12)2-5-6(4)14-7(15)13-5/h6-7,11-12H,4-5,8-9H2,1-3H3;1-2H,(H,13,15). The molecule has 0 aliphatic carbocycles. The summed E-state index contributed by atoms with van der Waals surface area (Å²) >= 11 is 10.8. The van der Waals surface area contributed by atoms with Crippen molar-refractivity contribution in [2.75, 3.05) is 18.0 Å². The molecule has 2 saturated heterocycles. The summed E-state index contributed by atoms with van der Waals surface area (Å²) in [7, 11) is 0. The lowest BCUT2D eigenvalue weighted by Crippen LogP contribution is -2.56. The number of aromatic amines is 1. The van der Waals surface area contributed by atoms with Crippen molar-refractivity contribution in [2.45, 2.75) is 63.7 Å². The first kappa shape index (κ1) is 32.6. The van der Waals surface area contributed by atoms with Crippen LogP contribution in [0.15, 0.2) is 42.0 Å². The molecule has 2 fully saturated rings. The molecule has 1 amide bonds. The third kappa shape index (κ3) is 6.88. The molecule has 44 heavy (non-hydrogen) atoms. The molecule has 1 N–H and O–H groups in total. The third-order valence-electron chi connectivity index (χ3n) is 6.92. The molecule has 4 heterocycles. The number of piperazine rings is 1. The number of fused-ring (bicyclic) bond motifs is 4. The molecule has 2 aliphatic heterocycles. The number of ether oxygens (including phenoxy) is 1. The Morgan fingerprint density at radius 3 is 2.02 bits per heavy atom. The average Bonchev–Trinajstić information content (AvgIpc) is 3.55. The van der Waals surface area contributed by atoms with Gasteiger partial charge in [0.05, 0.1) is 37.7 Å². The Labute approximate surface area is 268 Å². The van der Waals surface area contributed by atoms with Gasteiger partial charge >= 0.3 is 18.4 Å². The molecule has 2 aromatic carbocycles. The van der Waals surface area contributed by atoms with Gasteiger partial charge in [-0.2, -0.15) is 31.3 Å². The van der Waals surface area contributed by atoms with Crippen LogP contribution < -0.4 is 4.90 Å². The Morgan fingerprint density at radius 2 is 1.48 bits per heavy atom. The van der Waals surface area contributed by atoms with Gasteiger partial charge in [0.1, 0.15) is 11.1 Å². The van der Waals surface area contributed by atoms with E-state index in [9.17, 15) is 31.1 Å². The van der Waals surface area contributed by atoms with Gasteiger partial charge in [0, 0.05) is 13.1 Å². The summed E-state index contributed by atoms with van der Waals surface area (Å²) in [6.07, 6.45) is -7.51. The number of nitrogens with one attached hydrogen (secondary N) is 1. The third-order valence-corrected chi connectivity index (χ3v) is 8.28. The molecule has 2 aliphatic rings. The van der Waals surface area contributed by atoms with Gasteiger partial charge in [0.25, 0.3) is 10.9 Å². The average molecular weight is 774 g/mol. The van der Waals surface area contributed by atoms with Crippen molar-refractivity contribution in [2.24, 2.45) is 0 Å². The van der Waals surface area contributed by atoms with Gasteiger partial charge in [-0.3, -0.25) is 4.90 Å². The van der Waals surface area contributed by atoms with Crippen molar-refractivity contribution < 1.29 is 44.7 Å². The van der Waals surface area contributed by atoms with Crippen molar-refractivity contribution >= 4 is 78.4 Å². The fourth-order valence-corrected chi connectivity index (χ4v) is 6.40. The lowest BCUT2D eigenvalue weighted by molar-refractivity contribution is -0.138. The van der Waals surface area contributed by atoms with E-state index in [2.05, 4.69) is 54.0 Å². The number of nitrogens with zero attached hydrogens (tertiary/aromatic N) is 3. The van der Waals surface area contributed by atoms with Gasteiger partial charge < -0.3 is 23.5 Å². The maximum Gasteiger partial charge on any atom is 0.416 e. The normalized spacial score (nSPS) is 19.0. The minimum absolute atomic E-state index is 0.0463. The van der Waals surface area contributed by atoms with Gasteiger partial charge in [0.15, 0.2) is 11.2 Å². The number of hydrogen-bond donors (Lipinski definition) is 1. The molecule has 2 unspecified atom stereocenters. The van der Waals surface area contributed by atoms with Gasteiger partial charge in [-0.05, 0) is 102 Å². The predicted molar refractivity (Wildman–Crippen MR) is 158 cm³/mol. The molecule has 0 saturated carbocycles. The molecule has 0 radical (unpaired) electrons. The summed E-state index contributed by atoms with van der Waals surface area (Å²) < 4.78 is 93.2. The van der Waals surface area contributed by atoms with Crippen molar-refractivity contribution in [3.05, 3.63) is 49.2 Å². The number of hydrogen-bond acceptors (Lipinski definition) is 7. The highest BCUT2D eigenvalue weighted by Gasteiger charge is 2.45. The van der Waals surface area contributed by atoms with E-state index in [0.717, 1.165) is 37.1 Å². The van der Waals surface area contributed by atoms with Crippen LogP contribution >= 0.6 is 44.1 Å². The fourth-order valence-electron chi connectivity index (χ4n) is 5.13. The molecular formula is C27H24Br2F6N4O4S. The van der Waals surface area contributed by atoms with E-state index in [4.69, 9.17) is 13.6 Å². The number of amides is 1. The molecule has 17 heteroatoms. The Kier molecular flexibility index (Phi) is 8.55. The van der Waals surface area contributed by atoms with Crippen LogP contribution in [0.3, 0.4) is 0 Å². The Hall–Kier alpha value is -2.79. The quantitative estimate of drug-likeness (QED) is 0.152. The van der Waals surface area contributed by atoms with E-state index in [1.807, 2.05) is 25.7 Å². The fraction of sp³-hybridized carbons (Fsp3) is 0.444. The Bertz CT molecular complexity index is 1760. The summed E-state index contributed by atoms with van der Waals surface area (Å²) in [6.45, 7) is 6.47. The number of benzene rings is 2. The SMILES string of the molecule is CC(C)(C)OC(=O)N1C2CCC1CN(c1nc3cc(C(F)(F)F)cc(Br)c3o1)C2.FC(F)(F)c1cc(Br)c2oc(=S)[nH]c2c1. The van der Waals surface area contributed by atoms with E-state index in [0.29, 0.717) is 13.1 Å². The monoisotopic (exact) mass is 772 g/mol.